The van der Waals surface area contributed by atoms with Gasteiger partial charge in [-0.2, -0.15) is 0 Å². The first-order chi connectivity index (χ1) is 6.10. The maximum absolute atomic E-state index is 10.1. The van der Waals surface area contributed by atoms with Crippen LogP contribution in [0.2, 0.25) is 0 Å². The summed E-state index contributed by atoms with van der Waals surface area (Å²) in [6.07, 6.45) is 4.57. The summed E-state index contributed by atoms with van der Waals surface area (Å²) in [6, 6.07) is 0. The molecule has 0 aromatic carbocycles. The maximum Gasteiger partial charge on any atom is 0.0908 e. The topological polar surface area (TPSA) is 40.5 Å². The fraction of sp³-hybridized carbons (Fsp3) is 0.818. The van der Waals surface area contributed by atoms with Gasteiger partial charge in [0.2, 0.25) is 0 Å². The van der Waals surface area contributed by atoms with Crippen molar-refractivity contribution in [2.45, 2.75) is 57.7 Å². The normalized spacial score (nSPS) is 14.2. The lowest BCUT2D eigenvalue weighted by molar-refractivity contribution is -0.0846. The Kier molecular flexibility index (Phi) is 6.00. The van der Waals surface area contributed by atoms with E-state index in [2.05, 4.69) is 6.58 Å². The molecule has 0 rings (SSSR count). The minimum atomic E-state index is -0.905. The van der Waals surface area contributed by atoms with E-state index in [1.54, 1.807) is 6.08 Å². The zero-order chi connectivity index (χ0) is 10.3. The molecule has 13 heavy (non-hydrogen) atoms. The standard InChI is InChI=1S/C11H22O2/c1-4-7-10(12)11(13,8-5-2)9-6-3/h4,10,12-13H,1,5-9H2,2-3H3. The summed E-state index contributed by atoms with van der Waals surface area (Å²) in [5.41, 5.74) is -0.905. The average molecular weight is 186 g/mol. The highest BCUT2D eigenvalue weighted by Gasteiger charge is 2.32. The summed E-state index contributed by atoms with van der Waals surface area (Å²) in [5.74, 6) is 0. The van der Waals surface area contributed by atoms with Crippen LogP contribution in [0.1, 0.15) is 46.0 Å². The van der Waals surface area contributed by atoms with Crippen molar-refractivity contribution in [3.63, 3.8) is 0 Å². The number of hydrogen-bond donors (Lipinski definition) is 2. The molecule has 0 fully saturated rings. The molecule has 0 aliphatic rings. The van der Waals surface area contributed by atoms with Crippen LogP contribution < -0.4 is 0 Å². The van der Waals surface area contributed by atoms with E-state index in [0.717, 1.165) is 12.8 Å². The predicted molar refractivity (Wildman–Crippen MR) is 55.6 cm³/mol. The molecule has 0 amide bonds. The van der Waals surface area contributed by atoms with E-state index >= 15 is 0 Å². The van der Waals surface area contributed by atoms with Crippen LogP contribution in [0, 0.1) is 0 Å². The van der Waals surface area contributed by atoms with Crippen molar-refractivity contribution < 1.29 is 10.2 Å². The number of aliphatic hydroxyl groups excluding tert-OH is 1. The van der Waals surface area contributed by atoms with Gasteiger partial charge in [0, 0.05) is 0 Å². The fourth-order valence-corrected chi connectivity index (χ4v) is 1.70. The third-order valence-electron chi connectivity index (χ3n) is 2.38. The molecule has 0 spiro atoms. The Labute approximate surface area is 81.3 Å². The molecule has 1 atom stereocenters. The van der Waals surface area contributed by atoms with E-state index in [1.165, 1.54) is 0 Å². The molecule has 0 heterocycles. The van der Waals surface area contributed by atoms with Crippen LogP contribution in [0.15, 0.2) is 12.7 Å². The Morgan fingerprint density at radius 2 is 1.77 bits per heavy atom. The second-order valence-electron chi connectivity index (χ2n) is 3.64. The Bertz CT molecular complexity index is 137. The molecule has 0 aliphatic carbocycles. The molecule has 0 radical (unpaired) electrons. The van der Waals surface area contributed by atoms with E-state index < -0.39 is 11.7 Å². The van der Waals surface area contributed by atoms with Gasteiger partial charge in [-0.15, -0.1) is 6.58 Å². The van der Waals surface area contributed by atoms with Crippen molar-refractivity contribution in [2.75, 3.05) is 0 Å². The van der Waals surface area contributed by atoms with E-state index in [1.807, 2.05) is 13.8 Å². The van der Waals surface area contributed by atoms with Gasteiger partial charge in [0.15, 0.2) is 0 Å². The minimum absolute atomic E-state index is 0.469. The van der Waals surface area contributed by atoms with E-state index in [4.69, 9.17) is 0 Å². The first-order valence-electron chi connectivity index (χ1n) is 5.12. The van der Waals surface area contributed by atoms with Gasteiger partial charge in [-0.25, -0.2) is 0 Å². The van der Waals surface area contributed by atoms with Gasteiger partial charge in [-0.05, 0) is 19.3 Å². The highest BCUT2D eigenvalue weighted by Crippen LogP contribution is 2.25. The summed E-state index contributed by atoms with van der Waals surface area (Å²) in [4.78, 5) is 0. The van der Waals surface area contributed by atoms with Crippen LogP contribution in [0.5, 0.6) is 0 Å². The van der Waals surface area contributed by atoms with Gasteiger partial charge in [0.1, 0.15) is 0 Å². The molecule has 2 N–H and O–H groups in total. The number of rotatable bonds is 7. The Hall–Kier alpha value is -0.340. The minimum Gasteiger partial charge on any atom is -0.390 e. The summed E-state index contributed by atoms with van der Waals surface area (Å²) >= 11 is 0. The van der Waals surface area contributed by atoms with Gasteiger partial charge in [-0.3, -0.25) is 0 Å². The van der Waals surface area contributed by atoms with Crippen LogP contribution >= 0.6 is 0 Å². The molecule has 0 aromatic rings. The molecule has 0 aliphatic heterocycles. The Morgan fingerprint density at radius 1 is 1.31 bits per heavy atom. The number of hydrogen-bond acceptors (Lipinski definition) is 2. The van der Waals surface area contributed by atoms with Crippen LogP contribution in [0.25, 0.3) is 0 Å². The van der Waals surface area contributed by atoms with Crippen LogP contribution in [0.3, 0.4) is 0 Å². The molecule has 78 valence electrons. The molecule has 1 unspecified atom stereocenters. The average Bonchev–Trinajstić information content (AvgIpc) is 2.05. The first kappa shape index (κ1) is 12.7. The van der Waals surface area contributed by atoms with Crippen LogP contribution in [-0.4, -0.2) is 21.9 Å². The largest absolute Gasteiger partial charge is 0.390 e. The van der Waals surface area contributed by atoms with Crippen molar-refractivity contribution in [1.29, 1.82) is 0 Å². The second-order valence-corrected chi connectivity index (χ2v) is 3.64. The Morgan fingerprint density at radius 3 is 2.08 bits per heavy atom. The molecule has 0 aromatic heterocycles. The predicted octanol–water partition coefficient (Wildman–Crippen LogP) is 2.25. The smallest absolute Gasteiger partial charge is 0.0908 e. The van der Waals surface area contributed by atoms with Crippen LogP contribution in [0.4, 0.5) is 0 Å². The molecule has 2 heteroatoms. The van der Waals surface area contributed by atoms with E-state index in [0.29, 0.717) is 19.3 Å². The fourth-order valence-electron chi connectivity index (χ4n) is 1.70. The van der Waals surface area contributed by atoms with Crippen molar-refractivity contribution >= 4 is 0 Å². The monoisotopic (exact) mass is 186 g/mol. The zero-order valence-corrected chi connectivity index (χ0v) is 8.79. The SMILES string of the molecule is C=CCC(O)C(O)(CCC)CCC. The summed E-state index contributed by atoms with van der Waals surface area (Å²) in [5, 5.41) is 19.8. The van der Waals surface area contributed by atoms with Crippen molar-refractivity contribution in [3.8, 4) is 0 Å². The Balaban J connectivity index is 4.26. The summed E-state index contributed by atoms with van der Waals surface area (Å²) < 4.78 is 0. The van der Waals surface area contributed by atoms with Gasteiger partial charge in [0.25, 0.3) is 0 Å². The highest BCUT2D eigenvalue weighted by atomic mass is 16.3. The van der Waals surface area contributed by atoms with Crippen molar-refractivity contribution in [2.24, 2.45) is 0 Å². The van der Waals surface area contributed by atoms with Crippen molar-refractivity contribution in [3.05, 3.63) is 12.7 Å². The maximum atomic E-state index is 10.1. The second kappa shape index (κ2) is 6.17. The molecular formula is C11H22O2. The summed E-state index contributed by atoms with van der Waals surface area (Å²) in [7, 11) is 0. The third kappa shape index (κ3) is 3.92. The summed E-state index contributed by atoms with van der Waals surface area (Å²) in [6.45, 7) is 7.59. The lowest BCUT2D eigenvalue weighted by atomic mass is 9.85. The lowest BCUT2D eigenvalue weighted by Gasteiger charge is -2.32. The highest BCUT2D eigenvalue weighted by molar-refractivity contribution is 4.89. The van der Waals surface area contributed by atoms with Gasteiger partial charge >= 0.3 is 0 Å². The molecular weight excluding hydrogens is 164 g/mol. The van der Waals surface area contributed by atoms with E-state index in [-0.39, 0.29) is 0 Å². The molecule has 0 saturated heterocycles. The van der Waals surface area contributed by atoms with Gasteiger partial charge in [0.05, 0.1) is 11.7 Å². The zero-order valence-electron chi connectivity index (χ0n) is 8.79. The molecule has 2 nitrogen and oxygen atoms in total. The van der Waals surface area contributed by atoms with Crippen LogP contribution in [-0.2, 0) is 0 Å². The van der Waals surface area contributed by atoms with Crippen molar-refractivity contribution in [1.82, 2.24) is 0 Å². The van der Waals surface area contributed by atoms with Gasteiger partial charge < -0.3 is 10.2 Å². The van der Waals surface area contributed by atoms with Gasteiger partial charge in [-0.1, -0.05) is 32.8 Å². The quantitative estimate of drug-likeness (QED) is 0.599. The lowest BCUT2D eigenvalue weighted by Crippen LogP contribution is -2.41. The molecule has 0 bridgehead atoms. The molecule has 0 saturated carbocycles. The van der Waals surface area contributed by atoms with E-state index in [9.17, 15) is 10.2 Å². The first-order valence-corrected chi connectivity index (χ1v) is 5.12. The third-order valence-corrected chi connectivity index (χ3v) is 2.38. The number of aliphatic hydroxyl groups is 2.